The maximum atomic E-state index is 11.6. The SMILES string of the molecule is C[C@@H]1CN(CCN2CC(Cl)CC2=O)C[C@H](C)O1. The van der Waals surface area contributed by atoms with Crippen LogP contribution in [0.25, 0.3) is 0 Å². The second kappa shape index (κ2) is 5.55. The predicted octanol–water partition coefficient (Wildman–Crippen LogP) is 0.935. The fourth-order valence-electron chi connectivity index (χ4n) is 2.67. The largest absolute Gasteiger partial charge is 0.373 e. The molecular weight excluding hydrogens is 240 g/mol. The molecule has 17 heavy (non-hydrogen) atoms. The maximum Gasteiger partial charge on any atom is 0.224 e. The molecule has 98 valence electrons. The van der Waals surface area contributed by atoms with Crippen molar-refractivity contribution in [3.63, 3.8) is 0 Å². The zero-order valence-corrected chi connectivity index (χ0v) is 11.3. The highest BCUT2D eigenvalue weighted by molar-refractivity contribution is 6.22. The van der Waals surface area contributed by atoms with Crippen molar-refractivity contribution in [2.24, 2.45) is 0 Å². The molecule has 2 aliphatic rings. The van der Waals surface area contributed by atoms with Crippen LogP contribution in [0.4, 0.5) is 0 Å². The zero-order chi connectivity index (χ0) is 12.4. The Kier molecular flexibility index (Phi) is 4.28. The van der Waals surface area contributed by atoms with E-state index in [-0.39, 0.29) is 23.5 Å². The molecule has 0 radical (unpaired) electrons. The van der Waals surface area contributed by atoms with E-state index in [0.717, 1.165) is 26.2 Å². The molecule has 2 fully saturated rings. The van der Waals surface area contributed by atoms with Crippen LogP contribution in [-0.2, 0) is 9.53 Å². The van der Waals surface area contributed by atoms with E-state index in [1.807, 2.05) is 4.90 Å². The first-order valence-corrected chi connectivity index (χ1v) is 6.78. The predicted molar refractivity (Wildman–Crippen MR) is 67.3 cm³/mol. The number of morpholine rings is 1. The molecule has 2 saturated heterocycles. The van der Waals surface area contributed by atoms with Crippen molar-refractivity contribution in [1.29, 1.82) is 0 Å². The summed E-state index contributed by atoms with van der Waals surface area (Å²) in [6, 6.07) is 0. The van der Waals surface area contributed by atoms with Gasteiger partial charge in [0.1, 0.15) is 0 Å². The van der Waals surface area contributed by atoms with E-state index in [0.29, 0.717) is 13.0 Å². The molecule has 0 aromatic rings. The molecule has 0 spiro atoms. The molecule has 5 heteroatoms. The van der Waals surface area contributed by atoms with E-state index in [2.05, 4.69) is 18.7 Å². The maximum absolute atomic E-state index is 11.6. The van der Waals surface area contributed by atoms with Gasteiger partial charge in [-0.25, -0.2) is 0 Å². The Labute approximate surface area is 108 Å². The highest BCUT2D eigenvalue weighted by Crippen LogP contribution is 2.16. The summed E-state index contributed by atoms with van der Waals surface area (Å²) in [4.78, 5) is 15.8. The van der Waals surface area contributed by atoms with Crippen molar-refractivity contribution in [3.8, 4) is 0 Å². The van der Waals surface area contributed by atoms with E-state index in [9.17, 15) is 4.79 Å². The first-order chi connectivity index (χ1) is 8.04. The number of ether oxygens (including phenoxy) is 1. The van der Waals surface area contributed by atoms with Gasteiger partial charge in [-0.1, -0.05) is 0 Å². The number of carbonyl (C=O) groups excluding carboxylic acids is 1. The average molecular weight is 261 g/mol. The molecule has 0 aromatic heterocycles. The minimum Gasteiger partial charge on any atom is -0.373 e. The summed E-state index contributed by atoms with van der Waals surface area (Å²) in [5.41, 5.74) is 0. The summed E-state index contributed by atoms with van der Waals surface area (Å²) in [6.45, 7) is 8.52. The lowest BCUT2D eigenvalue weighted by Crippen LogP contribution is -2.48. The molecule has 2 heterocycles. The van der Waals surface area contributed by atoms with E-state index < -0.39 is 0 Å². The van der Waals surface area contributed by atoms with E-state index >= 15 is 0 Å². The summed E-state index contributed by atoms with van der Waals surface area (Å²) >= 11 is 5.97. The molecule has 0 saturated carbocycles. The summed E-state index contributed by atoms with van der Waals surface area (Å²) < 4.78 is 5.68. The molecule has 0 aliphatic carbocycles. The molecule has 0 bridgehead atoms. The van der Waals surface area contributed by atoms with Crippen LogP contribution in [0.15, 0.2) is 0 Å². The Morgan fingerprint density at radius 1 is 1.24 bits per heavy atom. The van der Waals surface area contributed by atoms with E-state index in [1.165, 1.54) is 0 Å². The molecule has 4 nitrogen and oxygen atoms in total. The number of nitrogens with zero attached hydrogens (tertiary/aromatic N) is 2. The van der Waals surface area contributed by atoms with Crippen molar-refractivity contribution in [3.05, 3.63) is 0 Å². The Bertz CT molecular complexity index is 278. The second-order valence-electron chi connectivity index (χ2n) is 5.16. The van der Waals surface area contributed by atoms with Gasteiger partial charge in [-0.3, -0.25) is 9.69 Å². The number of halogens is 1. The third-order valence-corrected chi connectivity index (χ3v) is 3.64. The standard InChI is InChI=1S/C12H21ClN2O2/c1-9-6-14(7-10(2)17-9)3-4-15-8-11(13)5-12(15)16/h9-11H,3-8H2,1-2H3/t9-,10+,11?. The van der Waals surface area contributed by atoms with Crippen LogP contribution in [0.3, 0.4) is 0 Å². The molecule has 3 atom stereocenters. The second-order valence-corrected chi connectivity index (χ2v) is 5.78. The zero-order valence-electron chi connectivity index (χ0n) is 10.6. The smallest absolute Gasteiger partial charge is 0.224 e. The molecule has 2 aliphatic heterocycles. The highest BCUT2D eigenvalue weighted by Gasteiger charge is 2.29. The quantitative estimate of drug-likeness (QED) is 0.708. The Morgan fingerprint density at radius 2 is 1.88 bits per heavy atom. The van der Waals surface area contributed by atoms with Crippen molar-refractivity contribution >= 4 is 17.5 Å². The monoisotopic (exact) mass is 260 g/mol. The minimum absolute atomic E-state index is 0.00466. The van der Waals surface area contributed by atoms with Gasteiger partial charge in [-0.05, 0) is 13.8 Å². The number of hydrogen-bond donors (Lipinski definition) is 0. The van der Waals surface area contributed by atoms with Gasteiger partial charge in [-0.15, -0.1) is 11.6 Å². The Hall–Kier alpha value is -0.320. The summed E-state index contributed by atoms with van der Waals surface area (Å²) in [5.74, 6) is 0.194. The third-order valence-electron chi connectivity index (χ3n) is 3.35. The molecule has 1 unspecified atom stereocenters. The summed E-state index contributed by atoms with van der Waals surface area (Å²) in [5, 5.41) is 0.00466. The van der Waals surface area contributed by atoms with Gasteiger partial charge in [0.2, 0.25) is 5.91 Å². The van der Waals surface area contributed by atoms with Gasteiger partial charge in [0.15, 0.2) is 0 Å². The number of carbonyl (C=O) groups is 1. The number of likely N-dealkylation sites (tertiary alicyclic amines) is 1. The van der Waals surface area contributed by atoms with Gasteiger partial charge < -0.3 is 9.64 Å². The van der Waals surface area contributed by atoms with E-state index in [4.69, 9.17) is 16.3 Å². The van der Waals surface area contributed by atoms with E-state index in [1.54, 1.807) is 0 Å². The minimum atomic E-state index is 0.00466. The van der Waals surface area contributed by atoms with Crippen molar-refractivity contribution < 1.29 is 9.53 Å². The molecule has 2 rings (SSSR count). The number of rotatable bonds is 3. The number of hydrogen-bond acceptors (Lipinski definition) is 3. The Balaban J connectivity index is 1.76. The lowest BCUT2D eigenvalue weighted by Gasteiger charge is -2.36. The van der Waals surface area contributed by atoms with Gasteiger partial charge in [0.05, 0.1) is 17.6 Å². The molecule has 0 N–H and O–H groups in total. The van der Waals surface area contributed by atoms with Crippen LogP contribution >= 0.6 is 11.6 Å². The van der Waals surface area contributed by atoms with Crippen LogP contribution in [0.2, 0.25) is 0 Å². The summed E-state index contributed by atoms with van der Waals surface area (Å²) in [7, 11) is 0. The Morgan fingerprint density at radius 3 is 2.41 bits per heavy atom. The highest BCUT2D eigenvalue weighted by atomic mass is 35.5. The first-order valence-electron chi connectivity index (χ1n) is 6.34. The molecular formula is C12H21ClN2O2. The fraction of sp³-hybridized carbons (Fsp3) is 0.917. The van der Waals surface area contributed by atoms with Crippen molar-refractivity contribution in [1.82, 2.24) is 9.80 Å². The third kappa shape index (κ3) is 3.57. The van der Waals surface area contributed by atoms with Crippen molar-refractivity contribution in [2.45, 2.75) is 37.9 Å². The van der Waals surface area contributed by atoms with Gasteiger partial charge in [-0.2, -0.15) is 0 Å². The van der Waals surface area contributed by atoms with Crippen LogP contribution < -0.4 is 0 Å². The van der Waals surface area contributed by atoms with Crippen molar-refractivity contribution in [2.75, 3.05) is 32.7 Å². The van der Waals surface area contributed by atoms with Gasteiger partial charge in [0, 0.05) is 39.1 Å². The van der Waals surface area contributed by atoms with Crippen LogP contribution in [-0.4, -0.2) is 66.0 Å². The van der Waals surface area contributed by atoms with Crippen LogP contribution in [0.5, 0.6) is 0 Å². The van der Waals surface area contributed by atoms with Crippen LogP contribution in [0.1, 0.15) is 20.3 Å². The lowest BCUT2D eigenvalue weighted by molar-refractivity contribution is -0.128. The first kappa shape index (κ1) is 13.1. The topological polar surface area (TPSA) is 32.8 Å². The van der Waals surface area contributed by atoms with Gasteiger partial charge in [0.25, 0.3) is 0 Å². The van der Waals surface area contributed by atoms with Gasteiger partial charge >= 0.3 is 0 Å². The normalized spacial score (nSPS) is 35.6. The number of amides is 1. The summed E-state index contributed by atoms with van der Waals surface area (Å²) in [6.07, 6.45) is 1.07. The fourth-order valence-corrected chi connectivity index (χ4v) is 2.97. The number of alkyl halides is 1. The average Bonchev–Trinajstić information content (AvgIpc) is 2.53. The molecule has 1 amide bonds. The molecule has 0 aromatic carbocycles. The van der Waals surface area contributed by atoms with Crippen LogP contribution in [0, 0.1) is 0 Å². The lowest BCUT2D eigenvalue weighted by atomic mass is 10.2.